The van der Waals surface area contributed by atoms with E-state index in [1.54, 1.807) is 12.1 Å². The normalized spacial score (nSPS) is 22.2. The van der Waals surface area contributed by atoms with Gasteiger partial charge in [0, 0.05) is 11.9 Å². The largest absolute Gasteiger partial charge is 0.372 e. The molecule has 0 aromatic heterocycles. The van der Waals surface area contributed by atoms with Crippen LogP contribution in [-0.2, 0) is 0 Å². The van der Waals surface area contributed by atoms with E-state index in [9.17, 15) is 4.39 Å². The molecule has 0 saturated carbocycles. The van der Waals surface area contributed by atoms with E-state index in [-0.39, 0.29) is 5.82 Å². The van der Waals surface area contributed by atoms with Crippen LogP contribution in [0.5, 0.6) is 0 Å². The number of hydrogen-bond acceptors (Lipinski definition) is 2. The molecule has 0 amide bonds. The molecule has 0 unspecified atom stereocenters. The third-order valence-corrected chi connectivity index (χ3v) is 3.66. The standard InChI is InChI=1S/C15H17FN2/c16-13-6-4-11(5-7-13)15-3-1-2-12(15)8-14-9-17-10-18-14/h3-7,9,12,17-18H,1-2,8,10H2/t12-/m0/s1. The highest BCUT2D eigenvalue weighted by molar-refractivity contribution is 5.69. The molecule has 0 bridgehead atoms. The van der Waals surface area contributed by atoms with Gasteiger partial charge in [-0.25, -0.2) is 4.39 Å². The van der Waals surface area contributed by atoms with Gasteiger partial charge < -0.3 is 10.6 Å². The second-order valence-corrected chi connectivity index (χ2v) is 4.87. The summed E-state index contributed by atoms with van der Waals surface area (Å²) in [6.07, 6.45) is 7.70. The van der Waals surface area contributed by atoms with Gasteiger partial charge in [0.05, 0.1) is 6.67 Å². The molecule has 3 heteroatoms. The minimum absolute atomic E-state index is 0.168. The molecule has 0 saturated heterocycles. The molecule has 2 aliphatic rings. The second kappa shape index (κ2) is 4.84. The van der Waals surface area contributed by atoms with Crippen LogP contribution in [0.3, 0.4) is 0 Å². The lowest BCUT2D eigenvalue weighted by Gasteiger charge is -2.16. The first-order chi connectivity index (χ1) is 8.83. The van der Waals surface area contributed by atoms with E-state index in [2.05, 4.69) is 22.9 Å². The Morgan fingerprint density at radius 3 is 2.78 bits per heavy atom. The summed E-state index contributed by atoms with van der Waals surface area (Å²) in [5.41, 5.74) is 3.80. The monoisotopic (exact) mass is 244 g/mol. The zero-order valence-corrected chi connectivity index (χ0v) is 10.2. The maximum absolute atomic E-state index is 13.0. The molecule has 2 nitrogen and oxygen atoms in total. The second-order valence-electron chi connectivity index (χ2n) is 4.87. The van der Waals surface area contributed by atoms with Gasteiger partial charge in [0.25, 0.3) is 0 Å². The van der Waals surface area contributed by atoms with Crippen molar-refractivity contribution in [2.75, 3.05) is 6.67 Å². The third kappa shape index (κ3) is 2.26. The van der Waals surface area contributed by atoms with E-state index in [4.69, 9.17) is 0 Å². The van der Waals surface area contributed by atoms with Crippen LogP contribution in [0.25, 0.3) is 5.57 Å². The van der Waals surface area contributed by atoms with E-state index < -0.39 is 0 Å². The average molecular weight is 244 g/mol. The van der Waals surface area contributed by atoms with Gasteiger partial charge in [0.2, 0.25) is 0 Å². The number of hydrogen-bond donors (Lipinski definition) is 2. The Morgan fingerprint density at radius 2 is 2.06 bits per heavy atom. The van der Waals surface area contributed by atoms with Crippen molar-refractivity contribution in [1.82, 2.24) is 10.6 Å². The Morgan fingerprint density at radius 1 is 1.22 bits per heavy atom. The fourth-order valence-corrected chi connectivity index (χ4v) is 2.76. The van der Waals surface area contributed by atoms with Crippen LogP contribution < -0.4 is 10.6 Å². The summed E-state index contributed by atoms with van der Waals surface area (Å²) in [7, 11) is 0. The van der Waals surface area contributed by atoms with Crippen molar-refractivity contribution in [3.8, 4) is 0 Å². The van der Waals surface area contributed by atoms with Crippen molar-refractivity contribution in [3.63, 3.8) is 0 Å². The maximum Gasteiger partial charge on any atom is 0.123 e. The van der Waals surface area contributed by atoms with Crippen molar-refractivity contribution in [2.45, 2.75) is 19.3 Å². The first kappa shape index (κ1) is 11.3. The number of halogens is 1. The van der Waals surface area contributed by atoms with Crippen molar-refractivity contribution in [3.05, 3.63) is 53.6 Å². The van der Waals surface area contributed by atoms with Crippen LogP contribution in [0.1, 0.15) is 24.8 Å². The fraction of sp³-hybridized carbons (Fsp3) is 0.333. The molecule has 0 spiro atoms. The molecule has 1 heterocycles. The summed E-state index contributed by atoms with van der Waals surface area (Å²) < 4.78 is 13.0. The Bertz CT molecular complexity index is 488. The van der Waals surface area contributed by atoms with Crippen molar-refractivity contribution < 1.29 is 4.39 Å². The molecule has 1 aromatic carbocycles. The number of rotatable bonds is 3. The summed E-state index contributed by atoms with van der Waals surface area (Å²) in [6.45, 7) is 0.831. The molecule has 3 rings (SSSR count). The highest BCUT2D eigenvalue weighted by atomic mass is 19.1. The molecule has 94 valence electrons. The number of allylic oxidation sites excluding steroid dienone is 3. The van der Waals surface area contributed by atoms with Crippen LogP contribution in [0.15, 0.2) is 42.2 Å². The van der Waals surface area contributed by atoms with Crippen molar-refractivity contribution in [1.29, 1.82) is 0 Å². The summed E-state index contributed by atoms with van der Waals surface area (Å²) in [5.74, 6) is 0.382. The minimum Gasteiger partial charge on any atom is -0.372 e. The van der Waals surface area contributed by atoms with Gasteiger partial charge in [0.15, 0.2) is 0 Å². The lowest BCUT2D eigenvalue weighted by molar-refractivity contribution is 0.614. The summed E-state index contributed by atoms with van der Waals surface area (Å²) in [4.78, 5) is 0. The van der Waals surface area contributed by atoms with Gasteiger partial charge in [-0.05, 0) is 48.4 Å². The number of nitrogens with one attached hydrogen (secondary N) is 2. The lowest BCUT2D eigenvalue weighted by Crippen LogP contribution is -2.15. The predicted octanol–water partition coefficient (Wildman–Crippen LogP) is 3.00. The molecule has 0 radical (unpaired) electrons. The average Bonchev–Trinajstić information content (AvgIpc) is 3.02. The molecule has 1 aromatic rings. The molecular formula is C15H17FN2. The van der Waals surface area contributed by atoms with Crippen LogP contribution in [0, 0.1) is 11.7 Å². The molecule has 18 heavy (non-hydrogen) atoms. The van der Waals surface area contributed by atoms with Gasteiger partial charge in [-0.2, -0.15) is 0 Å². The molecule has 1 atom stereocenters. The van der Waals surface area contributed by atoms with Crippen LogP contribution in [0.2, 0.25) is 0 Å². The van der Waals surface area contributed by atoms with Gasteiger partial charge in [0.1, 0.15) is 5.82 Å². The highest BCUT2D eigenvalue weighted by Crippen LogP contribution is 2.37. The highest BCUT2D eigenvalue weighted by Gasteiger charge is 2.22. The molecular weight excluding hydrogens is 227 g/mol. The molecule has 0 fully saturated rings. The van der Waals surface area contributed by atoms with Gasteiger partial charge in [-0.1, -0.05) is 18.2 Å². The van der Waals surface area contributed by atoms with E-state index in [1.807, 2.05) is 12.1 Å². The zero-order valence-electron chi connectivity index (χ0n) is 10.2. The zero-order chi connectivity index (χ0) is 12.4. The van der Waals surface area contributed by atoms with Gasteiger partial charge >= 0.3 is 0 Å². The Kier molecular flexibility index (Phi) is 3.05. The number of benzene rings is 1. The first-order valence-electron chi connectivity index (χ1n) is 6.45. The van der Waals surface area contributed by atoms with Crippen molar-refractivity contribution >= 4 is 5.57 Å². The summed E-state index contributed by atoms with van der Waals surface area (Å²) in [6, 6.07) is 6.85. The predicted molar refractivity (Wildman–Crippen MR) is 70.9 cm³/mol. The Hall–Kier alpha value is -1.77. The van der Waals surface area contributed by atoms with E-state index in [0.29, 0.717) is 5.92 Å². The van der Waals surface area contributed by atoms with E-state index in [0.717, 1.165) is 25.1 Å². The van der Waals surface area contributed by atoms with Crippen molar-refractivity contribution in [2.24, 2.45) is 5.92 Å². The Labute approximate surface area is 107 Å². The lowest BCUT2D eigenvalue weighted by atomic mass is 9.91. The van der Waals surface area contributed by atoms with Gasteiger partial charge in [-0.3, -0.25) is 0 Å². The third-order valence-electron chi connectivity index (χ3n) is 3.66. The van der Waals surface area contributed by atoms with E-state index >= 15 is 0 Å². The fourth-order valence-electron chi connectivity index (χ4n) is 2.76. The Balaban J connectivity index is 1.76. The minimum atomic E-state index is -0.168. The quantitative estimate of drug-likeness (QED) is 0.854. The molecule has 2 N–H and O–H groups in total. The summed E-state index contributed by atoms with van der Waals surface area (Å²) in [5, 5.41) is 6.49. The topological polar surface area (TPSA) is 24.1 Å². The SMILES string of the molecule is Fc1ccc(C2=CCC[C@H]2CC2=CNCN2)cc1. The van der Waals surface area contributed by atoms with E-state index in [1.165, 1.54) is 17.7 Å². The first-order valence-corrected chi connectivity index (χ1v) is 6.45. The van der Waals surface area contributed by atoms with Crippen LogP contribution in [-0.4, -0.2) is 6.67 Å². The van der Waals surface area contributed by atoms with Gasteiger partial charge in [-0.15, -0.1) is 0 Å². The summed E-state index contributed by atoms with van der Waals surface area (Å²) >= 11 is 0. The molecule has 1 aliphatic heterocycles. The smallest absolute Gasteiger partial charge is 0.123 e. The maximum atomic E-state index is 13.0. The molecule has 1 aliphatic carbocycles. The van der Waals surface area contributed by atoms with Crippen LogP contribution in [0.4, 0.5) is 4.39 Å². The van der Waals surface area contributed by atoms with Crippen LogP contribution >= 0.6 is 0 Å².